The van der Waals surface area contributed by atoms with Crippen molar-refractivity contribution < 1.29 is 8.42 Å². The van der Waals surface area contributed by atoms with Gasteiger partial charge in [-0.3, -0.25) is 0 Å². The minimum absolute atomic E-state index is 0.140. The molecule has 1 atom stereocenters. The molecule has 0 heterocycles. The first-order valence-corrected chi connectivity index (χ1v) is 8.37. The summed E-state index contributed by atoms with van der Waals surface area (Å²) in [5, 5.41) is 8.56. The minimum atomic E-state index is -3.61. The second-order valence-corrected chi connectivity index (χ2v) is 6.94. The second kappa shape index (κ2) is 6.03. The van der Waals surface area contributed by atoms with E-state index in [4.69, 9.17) is 5.14 Å². The van der Waals surface area contributed by atoms with E-state index in [2.05, 4.69) is 5.32 Å². The monoisotopic (exact) mass is 282 g/mol. The average molecular weight is 282 g/mol. The Balaban J connectivity index is 1.88. The molecular weight excluding hydrogens is 260 g/mol. The summed E-state index contributed by atoms with van der Waals surface area (Å²) in [6, 6.07) is 6.97. The van der Waals surface area contributed by atoms with Crippen molar-refractivity contribution in [3.05, 3.63) is 29.8 Å². The van der Waals surface area contributed by atoms with Crippen molar-refractivity contribution in [1.29, 1.82) is 0 Å². The molecule has 1 aromatic rings. The number of hydrogen-bond donors (Lipinski definition) is 2. The van der Waals surface area contributed by atoms with Crippen molar-refractivity contribution in [2.75, 3.05) is 6.54 Å². The zero-order chi connectivity index (χ0) is 13.9. The lowest BCUT2D eigenvalue weighted by Gasteiger charge is -2.15. The van der Waals surface area contributed by atoms with Gasteiger partial charge in [-0.1, -0.05) is 25.0 Å². The molecule has 0 amide bonds. The van der Waals surface area contributed by atoms with Crippen molar-refractivity contribution in [1.82, 2.24) is 5.32 Å². The molecule has 0 aliphatic heterocycles. The molecule has 1 fully saturated rings. The van der Waals surface area contributed by atoms with Gasteiger partial charge in [-0.05, 0) is 49.9 Å². The van der Waals surface area contributed by atoms with Crippen LogP contribution in [0.2, 0.25) is 0 Å². The molecular formula is C14H22N2O2S. The summed E-state index contributed by atoms with van der Waals surface area (Å²) in [7, 11) is -3.61. The molecule has 5 heteroatoms. The van der Waals surface area contributed by atoms with E-state index in [0.717, 1.165) is 18.0 Å². The SMILES string of the molecule is CC(NCCCC1CC1)c1cccc(S(N)(=O)=O)c1. The van der Waals surface area contributed by atoms with Crippen LogP contribution in [0.3, 0.4) is 0 Å². The van der Waals surface area contributed by atoms with E-state index >= 15 is 0 Å². The van der Waals surface area contributed by atoms with Gasteiger partial charge in [0.15, 0.2) is 0 Å². The molecule has 0 spiro atoms. The average Bonchev–Trinajstić information content (AvgIpc) is 3.17. The van der Waals surface area contributed by atoms with Crippen LogP contribution >= 0.6 is 0 Å². The van der Waals surface area contributed by atoms with Crippen LogP contribution in [0.4, 0.5) is 0 Å². The van der Waals surface area contributed by atoms with E-state index in [0.29, 0.717) is 0 Å². The maximum Gasteiger partial charge on any atom is 0.238 e. The topological polar surface area (TPSA) is 72.2 Å². The number of benzene rings is 1. The van der Waals surface area contributed by atoms with E-state index in [1.807, 2.05) is 13.0 Å². The number of sulfonamides is 1. The Morgan fingerprint density at radius 1 is 1.42 bits per heavy atom. The molecule has 1 aliphatic carbocycles. The van der Waals surface area contributed by atoms with Crippen LogP contribution in [-0.2, 0) is 10.0 Å². The Labute approximate surface area is 115 Å². The molecule has 19 heavy (non-hydrogen) atoms. The van der Waals surface area contributed by atoms with Crippen LogP contribution in [0, 0.1) is 5.92 Å². The van der Waals surface area contributed by atoms with E-state index < -0.39 is 10.0 Å². The summed E-state index contributed by atoms with van der Waals surface area (Å²) in [6.07, 6.45) is 5.28. The van der Waals surface area contributed by atoms with E-state index in [1.54, 1.807) is 12.1 Å². The number of nitrogens with two attached hydrogens (primary N) is 1. The predicted octanol–water partition coefficient (Wildman–Crippen LogP) is 2.17. The van der Waals surface area contributed by atoms with Crippen molar-refractivity contribution in [3.8, 4) is 0 Å². The molecule has 0 aromatic heterocycles. The van der Waals surface area contributed by atoms with Crippen molar-refractivity contribution in [2.45, 2.75) is 43.5 Å². The number of rotatable bonds is 7. The fourth-order valence-corrected chi connectivity index (χ4v) is 2.76. The van der Waals surface area contributed by atoms with Gasteiger partial charge in [-0.25, -0.2) is 13.6 Å². The van der Waals surface area contributed by atoms with Gasteiger partial charge >= 0.3 is 0 Å². The van der Waals surface area contributed by atoms with Crippen LogP contribution in [0.15, 0.2) is 29.2 Å². The van der Waals surface area contributed by atoms with Crippen LogP contribution < -0.4 is 10.5 Å². The standard InChI is InChI=1S/C14H22N2O2S/c1-11(16-9-3-4-12-7-8-12)13-5-2-6-14(10-13)19(15,17)18/h2,5-6,10-12,16H,3-4,7-9H2,1H3,(H2,15,17,18). The zero-order valence-electron chi connectivity index (χ0n) is 11.3. The van der Waals surface area contributed by atoms with Gasteiger partial charge in [0.1, 0.15) is 0 Å². The van der Waals surface area contributed by atoms with Gasteiger partial charge in [-0.15, -0.1) is 0 Å². The number of primary sulfonamides is 1. The Bertz CT molecular complexity index is 524. The third kappa shape index (κ3) is 4.60. The summed E-state index contributed by atoms with van der Waals surface area (Å²) in [5.74, 6) is 0.961. The molecule has 0 bridgehead atoms. The molecule has 0 radical (unpaired) electrons. The molecule has 1 aliphatic rings. The third-order valence-corrected chi connectivity index (χ3v) is 4.53. The lowest BCUT2D eigenvalue weighted by molar-refractivity contribution is 0.532. The van der Waals surface area contributed by atoms with Crippen LogP contribution in [0.25, 0.3) is 0 Å². The molecule has 1 saturated carbocycles. The molecule has 106 valence electrons. The Morgan fingerprint density at radius 3 is 2.79 bits per heavy atom. The Morgan fingerprint density at radius 2 is 2.16 bits per heavy atom. The zero-order valence-corrected chi connectivity index (χ0v) is 12.1. The van der Waals surface area contributed by atoms with Crippen molar-refractivity contribution in [3.63, 3.8) is 0 Å². The smallest absolute Gasteiger partial charge is 0.238 e. The summed E-state index contributed by atoms with van der Waals surface area (Å²) >= 11 is 0. The first-order valence-electron chi connectivity index (χ1n) is 6.83. The molecule has 1 unspecified atom stereocenters. The molecule has 0 saturated heterocycles. The lowest BCUT2D eigenvalue weighted by Crippen LogP contribution is -2.20. The maximum absolute atomic E-state index is 11.3. The fourth-order valence-electron chi connectivity index (χ4n) is 2.19. The van der Waals surface area contributed by atoms with Gasteiger partial charge in [0.2, 0.25) is 10.0 Å². The number of nitrogens with one attached hydrogen (secondary N) is 1. The third-order valence-electron chi connectivity index (χ3n) is 3.62. The number of hydrogen-bond acceptors (Lipinski definition) is 3. The Hall–Kier alpha value is -0.910. The maximum atomic E-state index is 11.3. The van der Waals surface area contributed by atoms with Crippen molar-refractivity contribution in [2.24, 2.45) is 11.1 Å². The first kappa shape index (κ1) is 14.5. The quantitative estimate of drug-likeness (QED) is 0.753. The van der Waals surface area contributed by atoms with Crippen LogP contribution in [-0.4, -0.2) is 15.0 Å². The van der Waals surface area contributed by atoms with E-state index in [1.165, 1.54) is 31.7 Å². The predicted molar refractivity (Wildman–Crippen MR) is 76.2 cm³/mol. The Kier molecular flexibility index (Phi) is 4.60. The van der Waals surface area contributed by atoms with Gasteiger partial charge in [0.05, 0.1) is 4.90 Å². The fraction of sp³-hybridized carbons (Fsp3) is 0.571. The van der Waals surface area contributed by atoms with Gasteiger partial charge in [0.25, 0.3) is 0 Å². The van der Waals surface area contributed by atoms with Crippen LogP contribution in [0.5, 0.6) is 0 Å². The second-order valence-electron chi connectivity index (χ2n) is 5.38. The lowest BCUT2D eigenvalue weighted by atomic mass is 10.1. The molecule has 2 rings (SSSR count). The van der Waals surface area contributed by atoms with E-state index in [-0.39, 0.29) is 10.9 Å². The van der Waals surface area contributed by atoms with Gasteiger partial charge in [0, 0.05) is 6.04 Å². The highest BCUT2D eigenvalue weighted by molar-refractivity contribution is 7.89. The van der Waals surface area contributed by atoms with Gasteiger partial charge in [-0.2, -0.15) is 0 Å². The highest BCUT2D eigenvalue weighted by Crippen LogP contribution is 2.33. The highest BCUT2D eigenvalue weighted by atomic mass is 32.2. The van der Waals surface area contributed by atoms with Crippen LogP contribution in [0.1, 0.15) is 44.2 Å². The summed E-state index contributed by atoms with van der Waals surface area (Å²) in [5.41, 5.74) is 0.956. The summed E-state index contributed by atoms with van der Waals surface area (Å²) in [6.45, 7) is 3.01. The minimum Gasteiger partial charge on any atom is -0.310 e. The summed E-state index contributed by atoms with van der Waals surface area (Å²) in [4.78, 5) is 0.177. The highest BCUT2D eigenvalue weighted by Gasteiger charge is 2.20. The largest absolute Gasteiger partial charge is 0.310 e. The van der Waals surface area contributed by atoms with Crippen molar-refractivity contribution >= 4 is 10.0 Å². The first-order chi connectivity index (χ1) is 8.97. The van der Waals surface area contributed by atoms with Gasteiger partial charge < -0.3 is 5.32 Å². The molecule has 3 N–H and O–H groups in total. The summed E-state index contributed by atoms with van der Waals surface area (Å²) < 4.78 is 22.6. The van der Waals surface area contributed by atoms with E-state index in [9.17, 15) is 8.42 Å². The normalized spacial score (nSPS) is 17.4. The molecule has 1 aromatic carbocycles. The molecule has 4 nitrogen and oxygen atoms in total.